The average molecular weight is 454 g/mol. The third kappa shape index (κ3) is 9.08. The second-order valence-corrected chi connectivity index (χ2v) is 8.69. The highest BCUT2D eigenvalue weighted by atomic mass is 32.1. The Kier molecular flexibility index (Phi) is 10.7. The molecule has 2 unspecified atom stereocenters. The van der Waals surface area contributed by atoms with Crippen LogP contribution in [0.2, 0.25) is 0 Å². The predicted molar refractivity (Wildman–Crippen MR) is 123 cm³/mol. The molecule has 0 aliphatic carbocycles. The summed E-state index contributed by atoms with van der Waals surface area (Å²) in [5, 5.41) is 15.2. The van der Waals surface area contributed by atoms with Crippen LogP contribution in [0.1, 0.15) is 58.6 Å². The van der Waals surface area contributed by atoms with E-state index < -0.39 is 29.7 Å². The van der Waals surface area contributed by atoms with Gasteiger partial charge in [0.15, 0.2) is 0 Å². The molecule has 0 bridgehead atoms. The first kappa shape index (κ1) is 26.6. The summed E-state index contributed by atoms with van der Waals surface area (Å²) in [7, 11) is 1.48. The van der Waals surface area contributed by atoms with Crippen LogP contribution in [0.4, 0.5) is 4.79 Å². The molecular weight excluding hydrogens is 418 g/mol. The van der Waals surface area contributed by atoms with E-state index in [4.69, 9.17) is 4.74 Å². The smallest absolute Gasteiger partial charge is 0.408 e. The highest BCUT2D eigenvalue weighted by Crippen LogP contribution is 2.24. The number of phenols is 1. The van der Waals surface area contributed by atoms with E-state index in [-0.39, 0.29) is 17.4 Å². The zero-order chi connectivity index (χ0) is 23.6. The van der Waals surface area contributed by atoms with Gasteiger partial charge < -0.3 is 25.4 Å². The number of benzene rings is 1. The fourth-order valence-corrected chi connectivity index (χ4v) is 3.18. The molecule has 0 saturated carbocycles. The van der Waals surface area contributed by atoms with E-state index in [2.05, 4.69) is 30.2 Å². The molecule has 0 spiro atoms. The van der Waals surface area contributed by atoms with Crippen molar-refractivity contribution in [1.82, 2.24) is 15.5 Å². The van der Waals surface area contributed by atoms with Crippen molar-refractivity contribution < 1.29 is 24.2 Å². The summed E-state index contributed by atoms with van der Waals surface area (Å²) in [6.07, 6.45) is 2.08. The minimum atomic E-state index is -0.990. The van der Waals surface area contributed by atoms with Crippen LogP contribution in [0, 0.1) is 0 Å². The molecule has 0 aliphatic rings. The molecule has 174 valence electrons. The molecule has 31 heavy (non-hydrogen) atoms. The number of alkyl carbamates (subject to hydrolysis) is 1. The molecule has 0 radical (unpaired) electrons. The highest BCUT2D eigenvalue weighted by molar-refractivity contribution is 7.80. The number of carbonyl (C=O) groups is 3. The zero-order valence-electron chi connectivity index (χ0n) is 19.0. The van der Waals surface area contributed by atoms with Gasteiger partial charge in [-0.1, -0.05) is 31.9 Å². The molecule has 8 nitrogen and oxygen atoms in total. The van der Waals surface area contributed by atoms with Gasteiger partial charge in [0, 0.05) is 19.3 Å². The van der Waals surface area contributed by atoms with Crippen LogP contribution in [0.15, 0.2) is 24.3 Å². The third-order valence-corrected chi connectivity index (χ3v) is 4.79. The average Bonchev–Trinajstić information content (AvgIpc) is 2.67. The summed E-state index contributed by atoms with van der Waals surface area (Å²) in [5.74, 6) is -0.863. The van der Waals surface area contributed by atoms with Gasteiger partial charge in [-0.05, 0) is 44.9 Å². The number of nitrogens with one attached hydrogen (secondary N) is 2. The second-order valence-electron chi connectivity index (χ2n) is 8.33. The van der Waals surface area contributed by atoms with E-state index in [1.165, 1.54) is 24.1 Å². The Hall–Kier alpha value is -2.42. The number of hydrogen-bond acceptors (Lipinski definition) is 6. The molecule has 1 aromatic carbocycles. The summed E-state index contributed by atoms with van der Waals surface area (Å²) in [6, 6.07) is 4.23. The van der Waals surface area contributed by atoms with Crippen molar-refractivity contribution in [3.8, 4) is 5.75 Å². The Morgan fingerprint density at radius 1 is 1.23 bits per heavy atom. The number of phenolic OH excluding ortho intramolecular Hbond substituents is 1. The van der Waals surface area contributed by atoms with Crippen molar-refractivity contribution in [2.45, 2.75) is 64.6 Å². The maximum absolute atomic E-state index is 13.1. The Morgan fingerprint density at radius 3 is 2.45 bits per heavy atom. The van der Waals surface area contributed by atoms with Crippen LogP contribution < -0.4 is 10.6 Å². The number of aromatic hydroxyl groups is 1. The van der Waals surface area contributed by atoms with Crippen LogP contribution in [0.3, 0.4) is 0 Å². The van der Waals surface area contributed by atoms with Crippen molar-refractivity contribution in [3.05, 3.63) is 29.8 Å². The van der Waals surface area contributed by atoms with Gasteiger partial charge in [0.1, 0.15) is 23.4 Å². The van der Waals surface area contributed by atoms with Gasteiger partial charge in [-0.3, -0.25) is 9.59 Å². The lowest BCUT2D eigenvalue weighted by Crippen LogP contribution is -2.52. The number of likely N-dealkylation sites (N-methyl/N-ethyl adjacent to an activating group) is 1. The van der Waals surface area contributed by atoms with Gasteiger partial charge in [-0.2, -0.15) is 12.6 Å². The van der Waals surface area contributed by atoms with Crippen molar-refractivity contribution in [2.75, 3.05) is 19.3 Å². The molecule has 0 aromatic heterocycles. The molecule has 1 aromatic rings. The van der Waals surface area contributed by atoms with E-state index in [1.54, 1.807) is 32.9 Å². The molecule has 0 saturated heterocycles. The van der Waals surface area contributed by atoms with Crippen LogP contribution in [0.5, 0.6) is 5.75 Å². The first-order valence-electron chi connectivity index (χ1n) is 10.4. The molecule has 0 fully saturated rings. The largest absolute Gasteiger partial charge is 0.508 e. The molecule has 9 heteroatoms. The van der Waals surface area contributed by atoms with E-state index in [0.717, 1.165) is 19.3 Å². The van der Waals surface area contributed by atoms with E-state index >= 15 is 0 Å². The maximum Gasteiger partial charge on any atom is 0.408 e. The topological polar surface area (TPSA) is 108 Å². The number of unbranched alkanes of at least 4 members (excludes halogenated alkanes) is 2. The number of ether oxygens (including phenoxy) is 1. The SMILES string of the molecule is CCCCCNC(=O)C(c1cccc(O)c1)N(C)C(=O)C(CS)NC(=O)OC(C)(C)C. The number of rotatable bonds is 10. The lowest BCUT2D eigenvalue weighted by atomic mass is 10.0. The molecular formula is C22H35N3O5S. The van der Waals surface area contributed by atoms with Crippen LogP contribution in [-0.4, -0.2) is 58.9 Å². The van der Waals surface area contributed by atoms with Crippen molar-refractivity contribution in [2.24, 2.45) is 0 Å². The number of carbonyl (C=O) groups excluding carboxylic acids is 3. The van der Waals surface area contributed by atoms with Gasteiger partial charge in [-0.15, -0.1) is 0 Å². The molecule has 1 rings (SSSR count). The lowest BCUT2D eigenvalue weighted by Gasteiger charge is -2.31. The van der Waals surface area contributed by atoms with E-state index in [9.17, 15) is 19.5 Å². The summed E-state index contributed by atoms with van der Waals surface area (Å²) in [5.41, 5.74) is -0.262. The Bertz CT molecular complexity index is 751. The number of amides is 3. The Labute approximate surface area is 190 Å². The number of hydrogen-bond donors (Lipinski definition) is 4. The lowest BCUT2D eigenvalue weighted by molar-refractivity contribution is -0.140. The molecule has 3 amide bonds. The molecule has 3 N–H and O–H groups in total. The van der Waals surface area contributed by atoms with Crippen molar-refractivity contribution in [3.63, 3.8) is 0 Å². The summed E-state index contributed by atoms with van der Waals surface area (Å²) < 4.78 is 5.22. The highest BCUT2D eigenvalue weighted by Gasteiger charge is 2.33. The molecule has 2 atom stereocenters. The molecule has 0 heterocycles. The van der Waals surface area contributed by atoms with Gasteiger partial charge >= 0.3 is 6.09 Å². The normalized spacial score (nSPS) is 13.1. The monoisotopic (exact) mass is 453 g/mol. The number of thiol groups is 1. The minimum Gasteiger partial charge on any atom is -0.508 e. The molecule has 0 aliphatic heterocycles. The summed E-state index contributed by atoms with van der Waals surface area (Å²) in [4.78, 5) is 39.5. The first-order chi connectivity index (χ1) is 14.5. The fourth-order valence-electron chi connectivity index (χ4n) is 2.94. The Morgan fingerprint density at radius 2 is 1.90 bits per heavy atom. The standard InChI is InChI=1S/C22H35N3O5S/c1-6-7-8-12-23-19(27)18(15-10-9-11-16(26)13-15)25(5)20(28)17(14-31)24-21(29)30-22(2,3)4/h9-11,13,17-18,26,31H,6-8,12,14H2,1-5H3,(H,23,27)(H,24,29). The van der Waals surface area contributed by atoms with Crippen molar-refractivity contribution in [1.29, 1.82) is 0 Å². The second kappa shape index (κ2) is 12.4. The maximum atomic E-state index is 13.1. The van der Waals surface area contributed by atoms with Gasteiger partial charge in [0.25, 0.3) is 0 Å². The quantitative estimate of drug-likeness (QED) is 0.322. The number of nitrogens with zero attached hydrogens (tertiary/aromatic N) is 1. The van der Waals surface area contributed by atoms with Crippen LogP contribution in [0.25, 0.3) is 0 Å². The van der Waals surface area contributed by atoms with Gasteiger partial charge in [0.2, 0.25) is 11.8 Å². The van der Waals surface area contributed by atoms with E-state index in [0.29, 0.717) is 12.1 Å². The van der Waals surface area contributed by atoms with E-state index in [1.807, 2.05) is 0 Å². The van der Waals surface area contributed by atoms with Gasteiger partial charge in [-0.25, -0.2) is 4.79 Å². The zero-order valence-corrected chi connectivity index (χ0v) is 19.9. The summed E-state index contributed by atoms with van der Waals surface area (Å²) in [6.45, 7) is 7.71. The first-order valence-corrected chi connectivity index (χ1v) is 11.1. The minimum absolute atomic E-state index is 0.0141. The third-order valence-electron chi connectivity index (χ3n) is 4.42. The fraction of sp³-hybridized carbons (Fsp3) is 0.591. The van der Waals surface area contributed by atoms with Crippen LogP contribution >= 0.6 is 12.6 Å². The van der Waals surface area contributed by atoms with Crippen LogP contribution in [-0.2, 0) is 14.3 Å². The van der Waals surface area contributed by atoms with Crippen molar-refractivity contribution >= 4 is 30.5 Å². The summed E-state index contributed by atoms with van der Waals surface area (Å²) >= 11 is 4.18. The Balaban J connectivity index is 3.05. The predicted octanol–water partition coefficient (Wildman–Crippen LogP) is 3.02. The van der Waals surface area contributed by atoms with Gasteiger partial charge in [0.05, 0.1) is 0 Å².